The molecule has 0 bridgehead atoms. The van der Waals surface area contributed by atoms with E-state index in [9.17, 15) is 4.79 Å². The Morgan fingerprint density at radius 1 is 1.32 bits per heavy atom. The summed E-state index contributed by atoms with van der Waals surface area (Å²) in [6.45, 7) is 1.28. The number of furan rings is 1. The third kappa shape index (κ3) is 3.78. The van der Waals surface area contributed by atoms with Crippen molar-refractivity contribution in [3.05, 3.63) is 45.0 Å². The van der Waals surface area contributed by atoms with Crippen molar-refractivity contribution in [1.82, 2.24) is 0 Å². The number of nitrogens with zero attached hydrogens (tertiary/aromatic N) is 1. The lowest BCUT2D eigenvalue weighted by Crippen LogP contribution is -1.90. The highest BCUT2D eigenvalue weighted by atomic mass is 79.9. The lowest BCUT2D eigenvalue weighted by molar-refractivity contribution is -0.140. The van der Waals surface area contributed by atoms with Crippen LogP contribution in [0.25, 0.3) is 11.3 Å². The molecule has 0 aliphatic heterocycles. The number of carbonyl (C=O) groups excluding carboxylic acids is 1. The van der Waals surface area contributed by atoms with Crippen LogP contribution in [0.3, 0.4) is 0 Å². The highest BCUT2D eigenvalue weighted by Gasteiger charge is 2.08. The first-order valence-corrected chi connectivity index (χ1v) is 6.91. The van der Waals surface area contributed by atoms with Gasteiger partial charge in [0.25, 0.3) is 0 Å². The van der Waals surface area contributed by atoms with Crippen LogP contribution >= 0.6 is 31.9 Å². The van der Waals surface area contributed by atoms with Crippen LogP contribution in [0.4, 0.5) is 0 Å². The van der Waals surface area contributed by atoms with Gasteiger partial charge in [0.15, 0.2) is 0 Å². The number of hydrogen-bond donors (Lipinski definition) is 0. The summed E-state index contributed by atoms with van der Waals surface area (Å²) in [5.41, 5.74) is 0.926. The molecule has 0 aliphatic rings. The predicted octanol–water partition coefficient (Wildman–Crippen LogP) is 4.37. The second kappa shape index (κ2) is 6.16. The van der Waals surface area contributed by atoms with E-state index in [0.29, 0.717) is 11.5 Å². The molecule has 0 saturated carbocycles. The number of benzene rings is 1. The summed E-state index contributed by atoms with van der Waals surface area (Å²) in [4.78, 5) is 15.0. The molecule has 0 spiro atoms. The number of hydrogen-bond acceptors (Lipinski definition) is 4. The molecule has 0 radical (unpaired) electrons. The quantitative estimate of drug-likeness (QED) is 0.447. The van der Waals surface area contributed by atoms with Crippen molar-refractivity contribution in [1.29, 1.82) is 0 Å². The molecule has 0 N–H and O–H groups in total. The molecule has 0 saturated heterocycles. The maximum absolute atomic E-state index is 10.6. The Morgan fingerprint density at radius 3 is 2.79 bits per heavy atom. The molecule has 19 heavy (non-hydrogen) atoms. The van der Waals surface area contributed by atoms with Crippen molar-refractivity contribution < 1.29 is 14.0 Å². The molecule has 2 aromatic rings. The minimum Gasteiger partial charge on any atom is -0.455 e. The van der Waals surface area contributed by atoms with E-state index in [1.165, 1.54) is 13.1 Å². The van der Waals surface area contributed by atoms with Gasteiger partial charge in [0.1, 0.15) is 17.7 Å². The Hall–Kier alpha value is -1.40. The van der Waals surface area contributed by atoms with Gasteiger partial charge in [-0.3, -0.25) is 0 Å². The molecule has 0 amide bonds. The van der Waals surface area contributed by atoms with Gasteiger partial charge in [0, 0.05) is 21.4 Å². The Bertz CT molecular complexity index is 635. The van der Waals surface area contributed by atoms with Crippen molar-refractivity contribution in [3.63, 3.8) is 0 Å². The van der Waals surface area contributed by atoms with Gasteiger partial charge in [0.05, 0.1) is 0 Å². The normalized spacial score (nSPS) is 10.9. The summed E-state index contributed by atoms with van der Waals surface area (Å²) in [5, 5.41) is 3.50. The van der Waals surface area contributed by atoms with Gasteiger partial charge in [-0.05, 0) is 46.3 Å². The Kier molecular flexibility index (Phi) is 4.55. The second-order valence-electron chi connectivity index (χ2n) is 3.64. The van der Waals surface area contributed by atoms with Crippen molar-refractivity contribution in [2.45, 2.75) is 6.92 Å². The van der Waals surface area contributed by atoms with Crippen molar-refractivity contribution in [2.24, 2.45) is 5.16 Å². The number of oxime groups is 1. The van der Waals surface area contributed by atoms with Crippen molar-refractivity contribution in [2.75, 3.05) is 0 Å². The van der Waals surface area contributed by atoms with Crippen LogP contribution < -0.4 is 0 Å². The zero-order valence-electron chi connectivity index (χ0n) is 9.89. The molecular formula is C13H9Br2NO3. The standard InChI is InChI=1S/C13H9Br2NO3/c1-8(17)19-16-7-10-3-5-13(18-10)11-4-2-9(14)6-12(11)15/h2-7H,1H3/b16-7-. The fraction of sp³-hybridized carbons (Fsp3) is 0.0769. The topological polar surface area (TPSA) is 51.8 Å². The average Bonchev–Trinajstić information content (AvgIpc) is 2.77. The maximum atomic E-state index is 10.6. The molecule has 98 valence electrons. The van der Waals surface area contributed by atoms with Crippen LogP contribution in [0.1, 0.15) is 12.7 Å². The highest BCUT2D eigenvalue weighted by Crippen LogP contribution is 2.31. The second-order valence-corrected chi connectivity index (χ2v) is 5.41. The summed E-state index contributed by atoms with van der Waals surface area (Å²) in [6, 6.07) is 9.36. The maximum Gasteiger partial charge on any atom is 0.331 e. The summed E-state index contributed by atoms with van der Waals surface area (Å²) in [6.07, 6.45) is 1.34. The van der Waals surface area contributed by atoms with Gasteiger partial charge in [-0.2, -0.15) is 0 Å². The minimum absolute atomic E-state index is 0.473. The number of rotatable bonds is 3. The summed E-state index contributed by atoms with van der Waals surface area (Å²) in [5.74, 6) is 0.730. The van der Waals surface area contributed by atoms with E-state index in [-0.39, 0.29) is 0 Å². The summed E-state index contributed by atoms with van der Waals surface area (Å²) < 4.78 is 7.48. The molecule has 4 nitrogen and oxygen atoms in total. The van der Waals surface area contributed by atoms with E-state index < -0.39 is 5.97 Å². The summed E-state index contributed by atoms with van der Waals surface area (Å²) >= 11 is 6.86. The molecule has 2 rings (SSSR count). The van der Waals surface area contributed by atoms with Gasteiger partial charge in [-0.1, -0.05) is 21.1 Å². The molecular weight excluding hydrogens is 378 g/mol. The molecule has 0 aliphatic carbocycles. The van der Waals surface area contributed by atoms with E-state index in [0.717, 1.165) is 14.5 Å². The Balaban J connectivity index is 2.21. The molecule has 0 fully saturated rings. The van der Waals surface area contributed by atoms with E-state index in [1.807, 2.05) is 24.3 Å². The van der Waals surface area contributed by atoms with E-state index in [2.05, 4.69) is 41.9 Å². The van der Waals surface area contributed by atoms with Crippen LogP contribution in [0.15, 0.2) is 48.9 Å². The summed E-state index contributed by atoms with van der Waals surface area (Å²) in [7, 11) is 0. The van der Waals surface area contributed by atoms with E-state index in [4.69, 9.17) is 4.42 Å². The lowest BCUT2D eigenvalue weighted by atomic mass is 10.2. The lowest BCUT2D eigenvalue weighted by Gasteiger charge is -2.01. The largest absolute Gasteiger partial charge is 0.455 e. The zero-order chi connectivity index (χ0) is 13.8. The minimum atomic E-state index is -0.473. The van der Waals surface area contributed by atoms with Crippen molar-refractivity contribution >= 4 is 44.0 Å². The Morgan fingerprint density at radius 2 is 2.11 bits per heavy atom. The van der Waals surface area contributed by atoms with Gasteiger partial charge in [0.2, 0.25) is 0 Å². The molecule has 0 atom stereocenters. The van der Waals surface area contributed by atoms with Crippen LogP contribution in [-0.2, 0) is 9.63 Å². The van der Waals surface area contributed by atoms with Gasteiger partial charge >= 0.3 is 5.97 Å². The highest BCUT2D eigenvalue weighted by molar-refractivity contribution is 9.11. The third-order valence-corrected chi connectivity index (χ3v) is 3.33. The van der Waals surface area contributed by atoms with Crippen LogP contribution in [0, 0.1) is 0 Å². The van der Waals surface area contributed by atoms with Gasteiger partial charge in [-0.25, -0.2) is 4.79 Å². The van der Waals surface area contributed by atoms with E-state index in [1.54, 1.807) is 6.07 Å². The fourth-order valence-electron chi connectivity index (χ4n) is 1.41. The fourth-order valence-corrected chi connectivity index (χ4v) is 2.65. The SMILES string of the molecule is CC(=O)O/N=C\c1ccc(-c2ccc(Br)cc2Br)o1. The number of carbonyl (C=O) groups is 1. The van der Waals surface area contributed by atoms with E-state index >= 15 is 0 Å². The first-order valence-electron chi connectivity index (χ1n) is 5.32. The Labute approximate surface area is 126 Å². The number of halogens is 2. The predicted molar refractivity (Wildman–Crippen MR) is 78.9 cm³/mol. The molecule has 6 heteroatoms. The molecule has 1 aromatic heterocycles. The van der Waals surface area contributed by atoms with Crippen LogP contribution in [0.2, 0.25) is 0 Å². The zero-order valence-corrected chi connectivity index (χ0v) is 13.1. The van der Waals surface area contributed by atoms with Gasteiger partial charge < -0.3 is 9.25 Å². The van der Waals surface area contributed by atoms with Crippen LogP contribution in [-0.4, -0.2) is 12.2 Å². The third-order valence-electron chi connectivity index (χ3n) is 2.18. The molecule has 0 unspecified atom stereocenters. The smallest absolute Gasteiger partial charge is 0.331 e. The first-order chi connectivity index (χ1) is 9.06. The van der Waals surface area contributed by atoms with Crippen molar-refractivity contribution in [3.8, 4) is 11.3 Å². The van der Waals surface area contributed by atoms with Gasteiger partial charge in [-0.15, -0.1) is 0 Å². The van der Waals surface area contributed by atoms with Crippen LogP contribution in [0.5, 0.6) is 0 Å². The first kappa shape index (κ1) is 14.0. The molecule has 1 heterocycles. The molecule has 1 aromatic carbocycles. The average molecular weight is 387 g/mol. The monoisotopic (exact) mass is 385 g/mol.